The lowest BCUT2D eigenvalue weighted by Gasteiger charge is -2.22. The Balaban J connectivity index is 1.85. The van der Waals surface area contributed by atoms with Gasteiger partial charge in [-0.25, -0.2) is 4.68 Å². The molecule has 4 heterocycles. The summed E-state index contributed by atoms with van der Waals surface area (Å²) in [6.45, 7) is 1.89. The summed E-state index contributed by atoms with van der Waals surface area (Å²) in [7, 11) is 0. The van der Waals surface area contributed by atoms with Crippen molar-refractivity contribution >= 4 is 33.6 Å². The summed E-state index contributed by atoms with van der Waals surface area (Å²) in [5, 5.41) is 10.7. The number of ether oxygens (including phenoxy) is 1. The molecule has 2 aromatic rings. The molecule has 0 radical (unpaired) electrons. The standard InChI is InChI=1S/C13H17IN4O/c14-12-11-9-5-1-3-7-17(9)16-13(11)18(15-12)10-6-2-4-8-19-10/h10H,1-8H2. The molecule has 1 atom stereocenters. The summed E-state index contributed by atoms with van der Waals surface area (Å²) in [6, 6.07) is 0. The number of nitrogens with zero attached hydrogens (tertiary/aromatic N) is 4. The van der Waals surface area contributed by atoms with Crippen LogP contribution in [-0.4, -0.2) is 26.2 Å². The van der Waals surface area contributed by atoms with Crippen molar-refractivity contribution in [2.45, 2.75) is 51.3 Å². The van der Waals surface area contributed by atoms with Crippen LogP contribution in [0.3, 0.4) is 0 Å². The molecule has 1 fully saturated rings. The zero-order valence-electron chi connectivity index (χ0n) is 10.8. The number of hydrogen-bond acceptors (Lipinski definition) is 3. The van der Waals surface area contributed by atoms with Crippen molar-refractivity contribution in [1.29, 1.82) is 0 Å². The van der Waals surface area contributed by atoms with Crippen LogP contribution in [0.15, 0.2) is 0 Å². The van der Waals surface area contributed by atoms with Gasteiger partial charge in [-0.3, -0.25) is 4.68 Å². The fourth-order valence-electron chi connectivity index (χ4n) is 3.16. The lowest BCUT2D eigenvalue weighted by Crippen LogP contribution is -2.20. The Morgan fingerprint density at radius 3 is 2.95 bits per heavy atom. The second-order valence-electron chi connectivity index (χ2n) is 5.38. The molecule has 0 aromatic carbocycles. The second kappa shape index (κ2) is 4.73. The van der Waals surface area contributed by atoms with Gasteiger partial charge >= 0.3 is 0 Å². The maximum Gasteiger partial charge on any atom is 0.183 e. The van der Waals surface area contributed by atoms with E-state index < -0.39 is 0 Å². The van der Waals surface area contributed by atoms with Crippen LogP contribution in [0.1, 0.15) is 44.0 Å². The third-order valence-electron chi connectivity index (χ3n) is 4.12. The Kier molecular flexibility index (Phi) is 3.02. The third kappa shape index (κ3) is 1.91. The molecule has 0 bridgehead atoms. The summed E-state index contributed by atoms with van der Waals surface area (Å²) in [5.41, 5.74) is 2.39. The first-order chi connectivity index (χ1) is 9.34. The number of aryl methyl sites for hydroxylation is 2. The van der Waals surface area contributed by atoms with Crippen molar-refractivity contribution in [2.75, 3.05) is 6.61 Å². The highest BCUT2D eigenvalue weighted by Gasteiger charge is 2.26. The summed E-state index contributed by atoms with van der Waals surface area (Å²) in [5.74, 6) is 0. The molecule has 1 unspecified atom stereocenters. The van der Waals surface area contributed by atoms with Crippen LogP contribution < -0.4 is 0 Å². The van der Waals surface area contributed by atoms with E-state index in [9.17, 15) is 0 Å². The predicted octanol–water partition coefficient (Wildman–Crippen LogP) is 2.87. The molecule has 2 aliphatic heterocycles. The normalized spacial score (nSPS) is 23.7. The first-order valence-electron chi connectivity index (χ1n) is 7.09. The van der Waals surface area contributed by atoms with Gasteiger partial charge < -0.3 is 4.74 Å². The molecule has 4 rings (SSSR count). The van der Waals surface area contributed by atoms with Gasteiger partial charge in [-0.1, -0.05) is 0 Å². The minimum atomic E-state index is 0.0803. The number of hydrogen-bond donors (Lipinski definition) is 0. The molecule has 5 nitrogen and oxygen atoms in total. The molecule has 0 saturated carbocycles. The van der Waals surface area contributed by atoms with E-state index in [1.165, 1.54) is 30.3 Å². The highest BCUT2D eigenvalue weighted by Crippen LogP contribution is 2.32. The van der Waals surface area contributed by atoms with Crippen LogP contribution >= 0.6 is 22.6 Å². The zero-order valence-corrected chi connectivity index (χ0v) is 13.0. The zero-order chi connectivity index (χ0) is 12.8. The molecule has 1 saturated heterocycles. The van der Waals surface area contributed by atoms with Gasteiger partial charge in [0.2, 0.25) is 0 Å². The minimum Gasteiger partial charge on any atom is -0.356 e. The van der Waals surface area contributed by atoms with Crippen LogP contribution in [0, 0.1) is 3.70 Å². The number of halogens is 1. The van der Waals surface area contributed by atoms with E-state index in [1.807, 2.05) is 4.68 Å². The monoisotopic (exact) mass is 372 g/mol. The molecule has 0 amide bonds. The lowest BCUT2D eigenvalue weighted by atomic mass is 10.1. The van der Waals surface area contributed by atoms with Gasteiger partial charge in [0.15, 0.2) is 11.9 Å². The molecule has 2 aromatic heterocycles. The minimum absolute atomic E-state index is 0.0803. The fourth-order valence-corrected chi connectivity index (χ4v) is 3.94. The van der Waals surface area contributed by atoms with E-state index in [-0.39, 0.29) is 6.23 Å². The molecule has 2 aliphatic rings. The van der Waals surface area contributed by atoms with E-state index >= 15 is 0 Å². The quantitative estimate of drug-likeness (QED) is 0.724. The summed E-state index contributed by atoms with van der Waals surface area (Å²) >= 11 is 2.34. The third-order valence-corrected chi connectivity index (χ3v) is 4.88. The highest BCUT2D eigenvalue weighted by atomic mass is 127. The topological polar surface area (TPSA) is 44.9 Å². The molecular formula is C13H17IN4O. The van der Waals surface area contributed by atoms with Gasteiger partial charge in [-0.2, -0.15) is 10.2 Å². The SMILES string of the molecule is Ic1nn(C2CCCCO2)c2nn3c(c12)CCCC3. The average molecular weight is 372 g/mol. The molecule has 0 N–H and O–H groups in total. The van der Waals surface area contributed by atoms with Crippen molar-refractivity contribution in [3.63, 3.8) is 0 Å². The van der Waals surface area contributed by atoms with Gasteiger partial charge in [0.25, 0.3) is 0 Å². The summed E-state index contributed by atoms with van der Waals surface area (Å²) in [4.78, 5) is 0. The molecule has 0 aliphatic carbocycles. The van der Waals surface area contributed by atoms with Gasteiger partial charge in [0.1, 0.15) is 3.70 Å². The van der Waals surface area contributed by atoms with Crippen molar-refractivity contribution in [3.8, 4) is 0 Å². The first kappa shape index (κ1) is 12.1. The lowest BCUT2D eigenvalue weighted by molar-refractivity contribution is -0.0373. The van der Waals surface area contributed by atoms with E-state index in [0.29, 0.717) is 0 Å². The van der Waals surface area contributed by atoms with Crippen LogP contribution in [0.2, 0.25) is 0 Å². The Hall–Kier alpha value is -0.630. The van der Waals surface area contributed by atoms with Gasteiger partial charge in [0, 0.05) is 13.2 Å². The van der Waals surface area contributed by atoms with Crippen LogP contribution in [0.25, 0.3) is 11.0 Å². The Bertz CT molecular complexity index is 612. The highest BCUT2D eigenvalue weighted by molar-refractivity contribution is 14.1. The molecule has 102 valence electrons. The van der Waals surface area contributed by atoms with Gasteiger partial charge in [-0.15, -0.1) is 0 Å². The first-order valence-corrected chi connectivity index (χ1v) is 8.17. The van der Waals surface area contributed by atoms with Crippen LogP contribution in [0.5, 0.6) is 0 Å². The van der Waals surface area contributed by atoms with E-state index in [1.54, 1.807) is 0 Å². The smallest absolute Gasteiger partial charge is 0.183 e. The molecule has 19 heavy (non-hydrogen) atoms. The van der Waals surface area contributed by atoms with Crippen molar-refractivity contribution in [3.05, 3.63) is 9.39 Å². The number of fused-ring (bicyclic) bond motifs is 3. The van der Waals surface area contributed by atoms with Crippen LogP contribution in [-0.2, 0) is 17.7 Å². The Morgan fingerprint density at radius 1 is 1.16 bits per heavy atom. The average Bonchev–Trinajstić information content (AvgIpc) is 2.98. The van der Waals surface area contributed by atoms with E-state index in [0.717, 1.165) is 41.8 Å². The van der Waals surface area contributed by atoms with Crippen molar-refractivity contribution < 1.29 is 4.74 Å². The van der Waals surface area contributed by atoms with Gasteiger partial charge in [0.05, 0.1) is 11.1 Å². The summed E-state index contributed by atoms with van der Waals surface area (Å²) in [6.07, 6.45) is 7.15. The second-order valence-corrected chi connectivity index (χ2v) is 6.40. The largest absolute Gasteiger partial charge is 0.356 e. The Labute approximate surface area is 125 Å². The van der Waals surface area contributed by atoms with Gasteiger partial charge in [-0.05, 0) is 61.1 Å². The fraction of sp³-hybridized carbons (Fsp3) is 0.692. The maximum absolute atomic E-state index is 5.87. The molecular weight excluding hydrogens is 355 g/mol. The summed E-state index contributed by atoms with van der Waals surface area (Å²) < 4.78 is 11.1. The predicted molar refractivity (Wildman–Crippen MR) is 80.0 cm³/mol. The van der Waals surface area contributed by atoms with Crippen molar-refractivity contribution in [1.82, 2.24) is 19.6 Å². The molecule has 0 spiro atoms. The molecule has 6 heteroatoms. The van der Waals surface area contributed by atoms with Crippen LogP contribution in [0.4, 0.5) is 0 Å². The van der Waals surface area contributed by atoms with E-state index in [2.05, 4.69) is 32.4 Å². The van der Waals surface area contributed by atoms with E-state index in [4.69, 9.17) is 9.84 Å². The van der Waals surface area contributed by atoms with Crippen molar-refractivity contribution in [2.24, 2.45) is 0 Å². The maximum atomic E-state index is 5.87. The number of aromatic nitrogens is 4. The Morgan fingerprint density at radius 2 is 2.11 bits per heavy atom. The number of rotatable bonds is 1.